The lowest BCUT2D eigenvalue weighted by atomic mass is 10.1. The summed E-state index contributed by atoms with van der Waals surface area (Å²) in [6.07, 6.45) is 5.04. The summed E-state index contributed by atoms with van der Waals surface area (Å²) in [5, 5.41) is 7.69. The van der Waals surface area contributed by atoms with E-state index in [0.717, 1.165) is 10.5 Å². The lowest BCUT2D eigenvalue weighted by molar-refractivity contribution is 0.0949. The number of nitrogens with one attached hydrogen (secondary N) is 1. The summed E-state index contributed by atoms with van der Waals surface area (Å²) in [5.41, 5.74) is 3.25. The van der Waals surface area contributed by atoms with Gasteiger partial charge in [-0.15, -0.1) is 11.8 Å². The predicted molar refractivity (Wildman–Crippen MR) is 123 cm³/mol. The average molecular weight is 434 g/mol. The molecule has 8 heteroatoms. The fourth-order valence-electron chi connectivity index (χ4n) is 3.37. The highest BCUT2D eigenvalue weighted by Gasteiger charge is 2.12. The summed E-state index contributed by atoms with van der Waals surface area (Å²) < 4.78 is 3.23. The van der Waals surface area contributed by atoms with Gasteiger partial charge in [0, 0.05) is 11.4 Å². The van der Waals surface area contributed by atoms with Crippen LogP contribution in [0.4, 0.5) is 0 Å². The van der Waals surface area contributed by atoms with Gasteiger partial charge in [0.1, 0.15) is 11.7 Å². The number of thioether (sulfide) groups is 1. The van der Waals surface area contributed by atoms with Crippen LogP contribution < -0.4 is 10.9 Å². The number of carbonyl (C=O) groups excluding carboxylic acids is 1. The number of nitrogens with zero attached hydrogens (tertiary/aromatic N) is 4. The van der Waals surface area contributed by atoms with Crippen molar-refractivity contribution >= 4 is 28.7 Å². The van der Waals surface area contributed by atoms with E-state index in [1.165, 1.54) is 17.3 Å². The first-order valence-electron chi connectivity index (χ1n) is 9.94. The monoisotopic (exact) mass is 433 g/mol. The smallest absolute Gasteiger partial charge is 0.264 e. The van der Waals surface area contributed by atoms with Crippen LogP contribution in [0.3, 0.4) is 0 Å². The molecule has 0 unspecified atom stereocenters. The Bertz CT molecular complexity index is 1280. The van der Waals surface area contributed by atoms with Crippen molar-refractivity contribution in [1.29, 1.82) is 0 Å². The minimum Gasteiger partial charge on any atom is -0.350 e. The Kier molecular flexibility index (Phi) is 6.18. The number of carbonyl (C=O) groups is 1. The Labute approximate surface area is 184 Å². The summed E-state index contributed by atoms with van der Waals surface area (Å²) in [4.78, 5) is 30.7. The van der Waals surface area contributed by atoms with E-state index in [2.05, 4.69) is 15.4 Å². The topological polar surface area (TPSA) is 81.8 Å². The zero-order valence-electron chi connectivity index (χ0n) is 17.4. The van der Waals surface area contributed by atoms with Crippen molar-refractivity contribution in [2.45, 2.75) is 24.9 Å². The normalized spacial score (nSPS) is 11.0. The van der Waals surface area contributed by atoms with E-state index < -0.39 is 0 Å². The van der Waals surface area contributed by atoms with Crippen molar-refractivity contribution < 1.29 is 4.79 Å². The molecule has 0 saturated carbocycles. The van der Waals surface area contributed by atoms with Crippen LogP contribution in [0.25, 0.3) is 11.0 Å². The van der Waals surface area contributed by atoms with Crippen LogP contribution in [-0.2, 0) is 13.1 Å². The Morgan fingerprint density at radius 3 is 2.68 bits per heavy atom. The maximum absolute atomic E-state index is 12.8. The first-order valence-corrected chi connectivity index (χ1v) is 11.2. The molecule has 0 aliphatic carbocycles. The Hall–Kier alpha value is -3.39. The fraction of sp³-hybridized carbons (Fsp3) is 0.217. The Balaban J connectivity index is 1.45. The highest BCUT2D eigenvalue weighted by molar-refractivity contribution is 7.98. The number of aromatic nitrogens is 4. The van der Waals surface area contributed by atoms with Crippen molar-refractivity contribution in [3.8, 4) is 0 Å². The zero-order chi connectivity index (χ0) is 21.8. The van der Waals surface area contributed by atoms with Gasteiger partial charge < -0.3 is 5.32 Å². The molecule has 2 aromatic carbocycles. The molecular formula is C23H23N5O2S. The second-order valence-electron chi connectivity index (χ2n) is 7.22. The molecule has 0 bridgehead atoms. The van der Waals surface area contributed by atoms with Gasteiger partial charge in [-0.1, -0.05) is 42.0 Å². The van der Waals surface area contributed by atoms with Gasteiger partial charge >= 0.3 is 0 Å². The largest absolute Gasteiger partial charge is 0.350 e. The molecule has 0 atom stereocenters. The second-order valence-corrected chi connectivity index (χ2v) is 8.07. The molecule has 0 aliphatic heterocycles. The van der Waals surface area contributed by atoms with Gasteiger partial charge in [0.05, 0.1) is 24.8 Å². The van der Waals surface area contributed by atoms with Crippen molar-refractivity contribution in [3.05, 3.63) is 88.1 Å². The van der Waals surface area contributed by atoms with Crippen LogP contribution in [0.2, 0.25) is 0 Å². The lowest BCUT2D eigenvalue weighted by Gasteiger charge is -2.09. The summed E-state index contributed by atoms with van der Waals surface area (Å²) in [7, 11) is 0. The first kappa shape index (κ1) is 20.9. The zero-order valence-corrected chi connectivity index (χ0v) is 18.2. The van der Waals surface area contributed by atoms with E-state index in [9.17, 15) is 9.59 Å². The van der Waals surface area contributed by atoms with Crippen molar-refractivity contribution in [2.75, 3.05) is 12.8 Å². The van der Waals surface area contributed by atoms with Crippen molar-refractivity contribution in [3.63, 3.8) is 0 Å². The SMILES string of the molecule is CSc1ccccc1C(=O)NCCn1ncc2c(=O)n(Cc3ccc(C)cc3)cnc21. The molecule has 7 nitrogen and oxygen atoms in total. The third kappa shape index (κ3) is 4.54. The molecule has 0 spiro atoms. The predicted octanol–water partition coefficient (Wildman–Crippen LogP) is 3.10. The van der Waals surface area contributed by atoms with Gasteiger partial charge in [-0.3, -0.25) is 14.2 Å². The number of hydrogen-bond donors (Lipinski definition) is 1. The molecule has 4 aromatic rings. The van der Waals surface area contributed by atoms with E-state index in [1.54, 1.807) is 21.8 Å². The molecule has 1 amide bonds. The average Bonchev–Trinajstić information content (AvgIpc) is 3.20. The van der Waals surface area contributed by atoms with Gasteiger partial charge in [0.2, 0.25) is 0 Å². The van der Waals surface area contributed by atoms with E-state index >= 15 is 0 Å². The molecule has 2 aromatic heterocycles. The van der Waals surface area contributed by atoms with Crippen LogP contribution in [0.1, 0.15) is 21.5 Å². The van der Waals surface area contributed by atoms with E-state index in [1.807, 2.05) is 61.7 Å². The molecule has 1 N–H and O–H groups in total. The number of rotatable bonds is 7. The summed E-state index contributed by atoms with van der Waals surface area (Å²) in [6, 6.07) is 15.6. The molecule has 158 valence electrons. The van der Waals surface area contributed by atoms with E-state index in [4.69, 9.17) is 0 Å². The van der Waals surface area contributed by atoms with Crippen LogP contribution in [0.15, 0.2) is 70.7 Å². The molecule has 0 saturated heterocycles. The quantitative estimate of drug-likeness (QED) is 0.453. The Morgan fingerprint density at radius 2 is 1.90 bits per heavy atom. The maximum atomic E-state index is 12.8. The van der Waals surface area contributed by atoms with Crippen LogP contribution >= 0.6 is 11.8 Å². The van der Waals surface area contributed by atoms with E-state index in [0.29, 0.717) is 36.2 Å². The minimum atomic E-state index is -0.130. The molecule has 4 rings (SSSR count). The number of aryl methyl sites for hydroxylation is 1. The molecule has 0 aliphatic rings. The number of fused-ring (bicyclic) bond motifs is 1. The van der Waals surface area contributed by atoms with Crippen LogP contribution in [-0.4, -0.2) is 38.0 Å². The molecular weight excluding hydrogens is 410 g/mol. The van der Waals surface area contributed by atoms with Crippen molar-refractivity contribution in [2.24, 2.45) is 0 Å². The number of hydrogen-bond acceptors (Lipinski definition) is 5. The summed E-state index contributed by atoms with van der Waals surface area (Å²) in [6.45, 7) is 3.29. The fourth-order valence-corrected chi connectivity index (χ4v) is 3.96. The van der Waals surface area contributed by atoms with Gasteiger partial charge in [-0.2, -0.15) is 5.10 Å². The number of benzene rings is 2. The van der Waals surface area contributed by atoms with Gasteiger partial charge in [-0.25, -0.2) is 9.67 Å². The molecule has 0 fully saturated rings. The number of amides is 1. The van der Waals surface area contributed by atoms with Crippen LogP contribution in [0.5, 0.6) is 0 Å². The highest BCUT2D eigenvalue weighted by Crippen LogP contribution is 2.19. The third-order valence-corrected chi connectivity index (χ3v) is 5.85. The molecule has 2 heterocycles. The van der Waals surface area contributed by atoms with Crippen LogP contribution in [0, 0.1) is 6.92 Å². The lowest BCUT2D eigenvalue weighted by Crippen LogP contribution is -2.28. The third-order valence-electron chi connectivity index (χ3n) is 5.06. The molecule has 31 heavy (non-hydrogen) atoms. The minimum absolute atomic E-state index is 0.130. The Morgan fingerprint density at radius 1 is 1.13 bits per heavy atom. The van der Waals surface area contributed by atoms with Gasteiger partial charge in [0.15, 0.2) is 5.65 Å². The molecule has 0 radical (unpaired) electrons. The van der Waals surface area contributed by atoms with E-state index in [-0.39, 0.29) is 11.5 Å². The standard InChI is InChI=1S/C23H23N5O2S/c1-16-7-9-17(10-8-16)14-27-15-25-21-19(23(27)30)13-26-28(21)12-11-24-22(29)18-5-3-4-6-20(18)31-2/h3-10,13,15H,11-12,14H2,1-2H3,(H,24,29). The highest BCUT2D eigenvalue weighted by atomic mass is 32.2. The summed E-state index contributed by atoms with van der Waals surface area (Å²) >= 11 is 1.54. The summed E-state index contributed by atoms with van der Waals surface area (Å²) in [5.74, 6) is -0.130. The van der Waals surface area contributed by atoms with Gasteiger partial charge in [0.25, 0.3) is 11.5 Å². The first-order chi connectivity index (χ1) is 15.1. The maximum Gasteiger partial charge on any atom is 0.264 e. The van der Waals surface area contributed by atoms with Gasteiger partial charge in [-0.05, 0) is 30.9 Å². The second kappa shape index (κ2) is 9.18. The van der Waals surface area contributed by atoms with Crippen molar-refractivity contribution in [1.82, 2.24) is 24.6 Å².